The predicted octanol–water partition coefficient (Wildman–Crippen LogP) is 1.36. The monoisotopic (exact) mass is 294 g/mol. The summed E-state index contributed by atoms with van der Waals surface area (Å²) in [4.78, 5) is 12.2. The Morgan fingerprint density at radius 1 is 1.35 bits per heavy atom. The predicted molar refractivity (Wildman–Crippen MR) is 76.6 cm³/mol. The largest absolute Gasteiger partial charge is 0.397 e. The van der Waals surface area contributed by atoms with Crippen LogP contribution in [-0.4, -0.2) is 5.91 Å². The number of halogens is 2. The van der Waals surface area contributed by atoms with E-state index in [4.69, 9.17) is 5.73 Å². The number of carbonyl (C=O) groups excluding carboxylic acids is 1. The van der Waals surface area contributed by atoms with Crippen LogP contribution in [0.2, 0.25) is 0 Å². The average Bonchev–Trinajstić information content (AvgIpc) is 2.68. The van der Waals surface area contributed by atoms with Gasteiger partial charge in [-0.2, -0.15) is 0 Å². The van der Waals surface area contributed by atoms with Crippen LogP contribution in [0.25, 0.3) is 13.2 Å². The Bertz CT molecular complexity index is 770. The number of benzene rings is 1. The molecule has 0 unspecified atom stereocenters. The Morgan fingerprint density at radius 2 is 2.05 bits per heavy atom. The van der Waals surface area contributed by atoms with Crippen molar-refractivity contribution in [2.24, 2.45) is 0 Å². The van der Waals surface area contributed by atoms with E-state index in [0.29, 0.717) is 9.75 Å². The Hall–Kier alpha value is -2.21. The van der Waals surface area contributed by atoms with Crippen LogP contribution in [0.1, 0.15) is 15.2 Å². The highest BCUT2D eigenvalue weighted by Gasteiger charge is 2.14. The molecule has 0 saturated heterocycles. The van der Waals surface area contributed by atoms with Crippen LogP contribution in [0.15, 0.2) is 18.2 Å². The van der Waals surface area contributed by atoms with Gasteiger partial charge in [-0.25, -0.2) is 8.78 Å². The van der Waals surface area contributed by atoms with Crippen molar-refractivity contribution >= 4 is 36.1 Å². The zero-order valence-corrected chi connectivity index (χ0v) is 11.3. The summed E-state index contributed by atoms with van der Waals surface area (Å²) in [6, 6.07) is 3.79. The summed E-state index contributed by atoms with van der Waals surface area (Å²) in [6.45, 7) is 7.29. The molecule has 1 heterocycles. The van der Waals surface area contributed by atoms with Gasteiger partial charge in [-0.1, -0.05) is 25.3 Å². The molecule has 1 aromatic carbocycles. The van der Waals surface area contributed by atoms with E-state index in [1.165, 1.54) is 12.1 Å². The molecule has 0 aliphatic heterocycles. The van der Waals surface area contributed by atoms with Crippen molar-refractivity contribution in [1.82, 2.24) is 5.32 Å². The summed E-state index contributed by atoms with van der Waals surface area (Å²) in [6.07, 6.45) is 0. The number of carbonyl (C=O) groups is 1. The van der Waals surface area contributed by atoms with E-state index in [0.717, 1.165) is 17.4 Å². The fraction of sp³-hybridized carbons (Fsp3) is 0.0714. The van der Waals surface area contributed by atoms with Gasteiger partial charge in [0.05, 0.1) is 5.69 Å². The van der Waals surface area contributed by atoms with Gasteiger partial charge in [-0.15, -0.1) is 11.3 Å². The molecule has 1 aromatic heterocycles. The molecule has 0 spiro atoms. The molecule has 0 radical (unpaired) electrons. The van der Waals surface area contributed by atoms with E-state index in [9.17, 15) is 13.6 Å². The van der Waals surface area contributed by atoms with Gasteiger partial charge in [0, 0.05) is 21.9 Å². The standard InChI is InChI=1S/C14H12F2N2OS/c1-7-8(2)20-13(12(7)17)14(19)18-6-9-4-3-5-10(15)11(9)16/h3-5H,1-2,6,17H2,(H,18,19). The molecule has 3 N–H and O–H groups in total. The number of nitrogens with two attached hydrogens (primary N) is 1. The number of nitrogens with one attached hydrogen (secondary N) is 1. The second-order valence-corrected chi connectivity index (χ2v) is 5.25. The lowest BCUT2D eigenvalue weighted by Gasteiger charge is -2.06. The summed E-state index contributed by atoms with van der Waals surface area (Å²) in [7, 11) is 0. The second kappa shape index (κ2) is 5.42. The van der Waals surface area contributed by atoms with Gasteiger partial charge in [-0.05, 0) is 6.07 Å². The number of amides is 1. The number of hydrogen-bond donors (Lipinski definition) is 2. The lowest BCUT2D eigenvalue weighted by molar-refractivity contribution is 0.0955. The van der Waals surface area contributed by atoms with Crippen molar-refractivity contribution in [3.63, 3.8) is 0 Å². The van der Waals surface area contributed by atoms with E-state index < -0.39 is 17.5 Å². The first-order valence-corrected chi connectivity index (χ1v) is 6.50. The quantitative estimate of drug-likeness (QED) is 0.898. The summed E-state index contributed by atoms with van der Waals surface area (Å²) < 4.78 is 27.1. The fourth-order valence-electron chi connectivity index (χ4n) is 1.64. The highest BCUT2D eigenvalue weighted by atomic mass is 32.1. The minimum Gasteiger partial charge on any atom is -0.397 e. The first-order valence-electron chi connectivity index (χ1n) is 5.69. The van der Waals surface area contributed by atoms with Crippen LogP contribution in [0.4, 0.5) is 14.5 Å². The van der Waals surface area contributed by atoms with E-state index in [1.807, 2.05) is 0 Å². The first kappa shape index (κ1) is 14.2. The molecule has 104 valence electrons. The van der Waals surface area contributed by atoms with Crippen molar-refractivity contribution in [3.8, 4) is 0 Å². The van der Waals surface area contributed by atoms with E-state index in [-0.39, 0.29) is 22.7 Å². The third-order valence-electron chi connectivity index (χ3n) is 2.81. The lowest BCUT2D eigenvalue weighted by atomic mass is 10.2. The molecule has 0 aliphatic carbocycles. The maximum atomic E-state index is 13.4. The Morgan fingerprint density at radius 3 is 2.65 bits per heavy atom. The number of nitrogen functional groups attached to an aromatic ring is 1. The molecular formula is C14H12F2N2OS. The number of thiophene rings is 1. The SMILES string of the molecule is C=c1sc(C(=O)NCc2cccc(F)c2F)c(N)c1=C. The molecule has 0 bridgehead atoms. The van der Waals surface area contributed by atoms with Crippen molar-refractivity contribution in [2.75, 3.05) is 5.73 Å². The van der Waals surface area contributed by atoms with Crippen LogP contribution >= 0.6 is 11.3 Å². The summed E-state index contributed by atoms with van der Waals surface area (Å²) in [5, 5.41) is 3.01. The topological polar surface area (TPSA) is 55.1 Å². The Balaban J connectivity index is 2.17. The van der Waals surface area contributed by atoms with E-state index >= 15 is 0 Å². The minimum atomic E-state index is -0.970. The molecular weight excluding hydrogens is 282 g/mol. The number of rotatable bonds is 3. The van der Waals surface area contributed by atoms with Crippen molar-refractivity contribution in [3.05, 3.63) is 50.0 Å². The maximum absolute atomic E-state index is 13.4. The molecule has 2 rings (SSSR count). The van der Waals surface area contributed by atoms with Crippen molar-refractivity contribution < 1.29 is 13.6 Å². The number of hydrogen-bond acceptors (Lipinski definition) is 3. The van der Waals surface area contributed by atoms with E-state index in [1.54, 1.807) is 0 Å². The lowest BCUT2D eigenvalue weighted by Crippen LogP contribution is -2.24. The van der Waals surface area contributed by atoms with Crippen LogP contribution in [0, 0.1) is 11.6 Å². The zero-order chi connectivity index (χ0) is 14.9. The van der Waals surface area contributed by atoms with Gasteiger partial charge >= 0.3 is 0 Å². The van der Waals surface area contributed by atoms with Crippen LogP contribution in [0.5, 0.6) is 0 Å². The van der Waals surface area contributed by atoms with Crippen molar-refractivity contribution in [2.45, 2.75) is 6.54 Å². The molecule has 0 saturated carbocycles. The Labute approximate surface area is 118 Å². The third kappa shape index (κ3) is 2.55. The smallest absolute Gasteiger partial charge is 0.263 e. The Kier molecular flexibility index (Phi) is 3.85. The minimum absolute atomic E-state index is 0.0678. The maximum Gasteiger partial charge on any atom is 0.263 e. The molecule has 0 atom stereocenters. The average molecular weight is 294 g/mol. The van der Waals surface area contributed by atoms with Gasteiger partial charge in [-0.3, -0.25) is 4.79 Å². The van der Waals surface area contributed by atoms with Crippen LogP contribution in [0.3, 0.4) is 0 Å². The summed E-state index contributed by atoms with van der Waals surface area (Å²) >= 11 is 1.11. The van der Waals surface area contributed by atoms with Crippen LogP contribution < -0.4 is 20.8 Å². The molecule has 2 aromatic rings. The summed E-state index contributed by atoms with van der Waals surface area (Å²) in [5.41, 5.74) is 6.07. The highest BCUT2D eigenvalue weighted by Crippen LogP contribution is 2.13. The zero-order valence-electron chi connectivity index (χ0n) is 10.5. The summed E-state index contributed by atoms with van der Waals surface area (Å²) in [5.74, 6) is -2.38. The fourth-order valence-corrected chi connectivity index (χ4v) is 2.51. The molecule has 1 amide bonds. The molecule has 3 nitrogen and oxygen atoms in total. The van der Waals surface area contributed by atoms with Gasteiger partial charge in [0.2, 0.25) is 0 Å². The molecule has 20 heavy (non-hydrogen) atoms. The number of anilines is 1. The molecule has 0 aliphatic rings. The van der Waals surface area contributed by atoms with Crippen molar-refractivity contribution in [1.29, 1.82) is 0 Å². The van der Waals surface area contributed by atoms with E-state index in [2.05, 4.69) is 18.5 Å². The first-order chi connectivity index (χ1) is 9.41. The van der Waals surface area contributed by atoms with Gasteiger partial charge in [0.25, 0.3) is 5.91 Å². The second-order valence-electron chi connectivity index (χ2n) is 4.14. The van der Waals surface area contributed by atoms with Gasteiger partial charge in [0.1, 0.15) is 4.88 Å². The van der Waals surface area contributed by atoms with Gasteiger partial charge in [0.15, 0.2) is 11.6 Å². The normalized spacial score (nSPS) is 10.5. The highest BCUT2D eigenvalue weighted by molar-refractivity contribution is 7.12. The van der Waals surface area contributed by atoms with Crippen LogP contribution in [-0.2, 0) is 6.54 Å². The molecule has 0 fully saturated rings. The third-order valence-corrected chi connectivity index (χ3v) is 3.91. The van der Waals surface area contributed by atoms with Gasteiger partial charge < -0.3 is 11.1 Å². The molecule has 6 heteroatoms.